The Morgan fingerprint density at radius 1 is 0.512 bits per heavy atom. The lowest BCUT2D eigenvalue weighted by atomic mass is 9.95. The zero-order chi connectivity index (χ0) is 27.5. The topological polar surface area (TPSA) is 16.4 Å². The van der Waals surface area contributed by atoms with Gasteiger partial charge < -0.3 is 9.32 Å². The Balaban J connectivity index is 1.53. The van der Waals surface area contributed by atoms with Crippen LogP contribution in [0.25, 0.3) is 54.3 Å². The molecule has 7 aromatic carbocycles. The fraction of sp³-hybridized carbons (Fsp3) is 0.0769. The van der Waals surface area contributed by atoms with Crippen molar-refractivity contribution in [2.45, 2.75) is 19.8 Å². The van der Waals surface area contributed by atoms with E-state index >= 15 is 0 Å². The highest BCUT2D eigenvalue weighted by molar-refractivity contribution is 6.21. The molecule has 1 heterocycles. The van der Waals surface area contributed by atoms with E-state index in [4.69, 9.17) is 4.42 Å². The van der Waals surface area contributed by atoms with Crippen molar-refractivity contribution in [3.8, 4) is 0 Å². The third kappa shape index (κ3) is 3.72. The number of benzene rings is 7. The number of nitrogens with zero attached hydrogens (tertiary/aromatic N) is 1. The maximum atomic E-state index is 6.61. The summed E-state index contributed by atoms with van der Waals surface area (Å²) in [4.78, 5) is 2.44. The van der Waals surface area contributed by atoms with Crippen molar-refractivity contribution in [1.82, 2.24) is 0 Å². The zero-order valence-electron chi connectivity index (χ0n) is 23.1. The van der Waals surface area contributed by atoms with Gasteiger partial charge in [-0.25, -0.2) is 0 Å². The second kappa shape index (κ2) is 9.25. The Morgan fingerprint density at radius 2 is 1.20 bits per heavy atom. The maximum absolute atomic E-state index is 6.61. The summed E-state index contributed by atoms with van der Waals surface area (Å²) in [7, 11) is 0. The van der Waals surface area contributed by atoms with Gasteiger partial charge in [0, 0.05) is 32.6 Å². The highest BCUT2D eigenvalue weighted by atomic mass is 16.3. The van der Waals surface area contributed by atoms with E-state index in [1.54, 1.807) is 0 Å². The van der Waals surface area contributed by atoms with Crippen molar-refractivity contribution >= 4 is 71.3 Å². The quantitative estimate of drug-likeness (QED) is 0.226. The fourth-order valence-electron chi connectivity index (χ4n) is 6.45. The van der Waals surface area contributed by atoms with Crippen molar-refractivity contribution < 1.29 is 4.42 Å². The lowest BCUT2D eigenvalue weighted by molar-refractivity contribution is 0.672. The van der Waals surface area contributed by atoms with E-state index < -0.39 is 0 Å². The standard InChI is InChI=1S/C39H29NO/c1-25(2)30-18-10-20-37-38(30)34-24-36(32-16-7-8-17-33(32)39(34)41-37)40(29-22-21-26-11-3-4-13-28(26)23-29)35-19-9-14-27-12-5-6-15-31(27)35/h3-25H,1-2H3. The molecule has 0 fully saturated rings. The predicted molar refractivity (Wildman–Crippen MR) is 175 cm³/mol. The van der Waals surface area contributed by atoms with E-state index in [0.717, 1.165) is 44.4 Å². The van der Waals surface area contributed by atoms with Gasteiger partial charge in [-0.3, -0.25) is 0 Å². The van der Waals surface area contributed by atoms with Crippen LogP contribution in [0.3, 0.4) is 0 Å². The third-order valence-corrected chi connectivity index (χ3v) is 8.37. The lowest BCUT2D eigenvalue weighted by Crippen LogP contribution is -2.11. The minimum absolute atomic E-state index is 0.379. The van der Waals surface area contributed by atoms with Crippen LogP contribution in [0.4, 0.5) is 17.1 Å². The minimum atomic E-state index is 0.379. The van der Waals surface area contributed by atoms with Gasteiger partial charge >= 0.3 is 0 Å². The van der Waals surface area contributed by atoms with Crippen LogP contribution in [0.1, 0.15) is 25.3 Å². The summed E-state index contributed by atoms with van der Waals surface area (Å²) in [6.07, 6.45) is 0. The molecule has 0 spiro atoms. The number of hydrogen-bond donors (Lipinski definition) is 0. The van der Waals surface area contributed by atoms with E-state index in [1.165, 1.54) is 32.5 Å². The van der Waals surface area contributed by atoms with Crippen molar-refractivity contribution in [2.24, 2.45) is 0 Å². The monoisotopic (exact) mass is 527 g/mol. The summed E-state index contributed by atoms with van der Waals surface area (Å²) in [6, 6.07) is 48.1. The average molecular weight is 528 g/mol. The summed E-state index contributed by atoms with van der Waals surface area (Å²) in [5.41, 5.74) is 6.62. The van der Waals surface area contributed by atoms with Crippen LogP contribution in [0, 0.1) is 0 Å². The molecule has 1 aromatic heterocycles. The van der Waals surface area contributed by atoms with Crippen LogP contribution in [0.2, 0.25) is 0 Å². The smallest absolute Gasteiger partial charge is 0.143 e. The van der Waals surface area contributed by atoms with Gasteiger partial charge in [0.1, 0.15) is 11.2 Å². The van der Waals surface area contributed by atoms with E-state index in [-0.39, 0.29) is 0 Å². The van der Waals surface area contributed by atoms with Crippen molar-refractivity contribution in [1.29, 1.82) is 0 Å². The molecular weight excluding hydrogens is 498 g/mol. The Hall–Kier alpha value is -5.08. The van der Waals surface area contributed by atoms with Gasteiger partial charge in [0.15, 0.2) is 0 Å². The molecule has 2 nitrogen and oxygen atoms in total. The molecule has 0 aliphatic heterocycles. The fourth-order valence-corrected chi connectivity index (χ4v) is 6.45. The molecule has 8 aromatic rings. The Bertz CT molecular complexity index is 2250. The second-order valence-electron chi connectivity index (χ2n) is 11.2. The summed E-state index contributed by atoms with van der Waals surface area (Å²) in [6.45, 7) is 4.51. The van der Waals surface area contributed by atoms with Crippen LogP contribution >= 0.6 is 0 Å². The zero-order valence-corrected chi connectivity index (χ0v) is 23.1. The molecule has 0 N–H and O–H groups in total. The molecule has 41 heavy (non-hydrogen) atoms. The maximum Gasteiger partial charge on any atom is 0.143 e. The number of anilines is 3. The number of rotatable bonds is 4. The predicted octanol–water partition coefficient (Wildman–Crippen LogP) is 11.6. The van der Waals surface area contributed by atoms with Gasteiger partial charge in [-0.05, 0) is 58.0 Å². The molecule has 0 saturated carbocycles. The second-order valence-corrected chi connectivity index (χ2v) is 11.2. The van der Waals surface area contributed by atoms with E-state index in [9.17, 15) is 0 Å². The summed E-state index contributed by atoms with van der Waals surface area (Å²) in [5.74, 6) is 0.379. The highest BCUT2D eigenvalue weighted by Crippen LogP contribution is 2.47. The first kappa shape index (κ1) is 23.8. The van der Waals surface area contributed by atoms with Crippen LogP contribution in [0.15, 0.2) is 138 Å². The van der Waals surface area contributed by atoms with Gasteiger partial charge in [0.25, 0.3) is 0 Å². The molecule has 0 unspecified atom stereocenters. The van der Waals surface area contributed by atoms with E-state index in [1.807, 2.05) is 0 Å². The Labute approximate surface area is 239 Å². The van der Waals surface area contributed by atoms with Crippen molar-refractivity contribution in [3.63, 3.8) is 0 Å². The van der Waals surface area contributed by atoms with Gasteiger partial charge in [-0.2, -0.15) is 0 Å². The van der Waals surface area contributed by atoms with Crippen LogP contribution < -0.4 is 4.90 Å². The van der Waals surface area contributed by atoms with Gasteiger partial charge in [-0.1, -0.05) is 117 Å². The SMILES string of the molecule is CC(C)c1cccc2oc3c4ccccc4c(N(c4ccc5ccccc5c4)c4cccc5ccccc45)cc3c12. The normalized spacial score (nSPS) is 11.9. The summed E-state index contributed by atoms with van der Waals surface area (Å²) >= 11 is 0. The number of furan rings is 1. The molecule has 0 aliphatic rings. The largest absolute Gasteiger partial charge is 0.455 e. The first-order chi connectivity index (χ1) is 20.2. The summed E-state index contributed by atoms with van der Waals surface area (Å²) in [5, 5.41) is 9.53. The Morgan fingerprint density at radius 3 is 2.02 bits per heavy atom. The molecule has 2 heteroatoms. The highest BCUT2D eigenvalue weighted by Gasteiger charge is 2.22. The molecule has 0 atom stereocenters. The average Bonchev–Trinajstić information content (AvgIpc) is 3.40. The lowest BCUT2D eigenvalue weighted by Gasteiger charge is -2.28. The molecule has 196 valence electrons. The first-order valence-corrected chi connectivity index (χ1v) is 14.3. The van der Waals surface area contributed by atoms with Crippen LogP contribution in [-0.4, -0.2) is 0 Å². The molecule has 0 saturated heterocycles. The van der Waals surface area contributed by atoms with Gasteiger partial charge in [0.2, 0.25) is 0 Å². The summed E-state index contributed by atoms with van der Waals surface area (Å²) < 4.78 is 6.61. The minimum Gasteiger partial charge on any atom is -0.455 e. The Kier molecular flexibility index (Phi) is 5.36. The molecule has 0 aliphatic carbocycles. The van der Waals surface area contributed by atoms with E-state index in [0.29, 0.717) is 5.92 Å². The van der Waals surface area contributed by atoms with Gasteiger partial charge in [0.05, 0.1) is 11.4 Å². The van der Waals surface area contributed by atoms with Gasteiger partial charge in [-0.15, -0.1) is 0 Å². The van der Waals surface area contributed by atoms with Crippen LogP contribution in [0.5, 0.6) is 0 Å². The molecule has 8 rings (SSSR count). The van der Waals surface area contributed by atoms with Crippen LogP contribution in [-0.2, 0) is 0 Å². The third-order valence-electron chi connectivity index (χ3n) is 8.37. The number of fused-ring (bicyclic) bond motifs is 7. The first-order valence-electron chi connectivity index (χ1n) is 14.3. The molecular formula is C39H29NO. The van der Waals surface area contributed by atoms with Crippen molar-refractivity contribution in [3.05, 3.63) is 139 Å². The number of hydrogen-bond acceptors (Lipinski definition) is 2. The van der Waals surface area contributed by atoms with Crippen molar-refractivity contribution in [2.75, 3.05) is 4.90 Å². The molecule has 0 amide bonds. The molecule has 0 bridgehead atoms. The van der Waals surface area contributed by atoms with E-state index in [2.05, 4.69) is 152 Å². The molecule has 0 radical (unpaired) electrons.